The van der Waals surface area contributed by atoms with E-state index in [0.29, 0.717) is 12.1 Å². The second-order valence-corrected chi connectivity index (χ2v) is 5.46. The maximum atomic E-state index is 13.2. The Morgan fingerprint density at radius 1 is 1.44 bits per heavy atom. The molecule has 1 saturated heterocycles. The summed E-state index contributed by atoms with van der Waals surface area (Å²) in [7, 11) is 0. The number of nitrogens with one attached hydrogen (secondary N) is 1. The Morgan fingerprint density at radius 2 is 2.28 bits per heavy atom. The van der Waals surface area contributed by atoms with E-state index in [1.165, 1.54) is 18.9 Å². The van der Waals surface area contributed by atoms with Crippen molar-refractivity contribution in [2.24, 2.45) is 0 Å². The van der Waals surface area contributed by atoms with E-state index < -0.39 is 0 Å². The van der Waals surface area contributed by atoms with Gasteiger partial charge in [-0.05, 0) is 37.1 Å². The summed E-state index contributed by atoms with van der Waals surface area (Å²) in [5.74, 6) is -0.136. The fourth-order valence-electron chi connectivity index (χ4n) is 2.58. The quantitative estimate of drug-likeness (QED) is 0.864. The zero-order valence-electron chi connectivity index (χ0n) is 11.3. The number of benzene rings is 1. The van der Waals surface area contributed by atoms with Crippen LogP contribution in [-0.4, -0.2) is 30.1 Å². The maximum Gasteiger partial charge on any atom is 0.123 e. The van der Waals surface area contributed by atoms with Crippen molar-refractivity contribution in [3.63, 3.8) is 0 Å². The molecule has 1 aromatic carbocycles. The number of likely N-dealkylation sites (tertiary alicyclic amines) is 1. The van der Waals surface area contributed by atoms with Gasteiger partial charge in [-0.2, -0.15) is 0 Å². The third-order valence-electron chi connectivity index (χ3n) is 3.54. The van der Waals surface area contributed by atoms with Crippen LogP contribution in [0.4, 0.5) is 4.39 Å². The first-order valence-corrected chi connectivity index (χ1v) is 6.87. The molecule has 0 amide bonds. The maximum absolute atomic E-state index is 13.2. The number of rotatable bonds is 5. The minimum atomic E-state index is -0.136. The molecule has 18 heavy (non-hydrogen) atoms. The molecule has 2 rings (SSSR count). The average molecular weight is 250 g/mol. The van der Waals surface area contributed by atoms with Gasteiger partial charge in [0.1, 0.15) is 5.82 Å². The van der Waals surface area contributed by atoms with E-state index in [0.717, 1.165) is 25.2 Å². The van der Waals surface area contributed by atoms with E-state index in [1.807, 2.05) is 6.07 Å². The van der Waals surface area contributed by atoms with E-state index in [4.69, 9.17) is 0 Å². The van der Waals surface area contributed by atoms with Gasteiger partial charge in [-0.25, -0.2) is 4.39 Å². The highest BCUT2D eigenvalue weighted by Crippen LogP contribution is 2.20. The molecular weight excluding hydrogens is 227 g/mol. The molecule has 1 aliphatic heterocycles. The van der Waals surface area contributed by atoms with Crippen LogP contribution in [0.2, 0.25) is 0 Å². The highest BCUT2D eigenvalue weighted by atomic mass is 19.1. The van der Waals surface area contributed by atoms with Crippen molar-refractivity contribution in [1.82, 2.24) is 10.2 Å². The fraction of sp³-hybridized carbons (Fsp3) is 0.600. The Bertz CT molecular complexity index is 379. The Labute approximate surface area is 109 Å². The van der Waals surface area contributed by atoms with Crippen molar-refractivity contribution < 1.29 is 4.39 Å². The van der Waals surface area contributed by atoms with Crippen LogP contribution in [0.15, 0.2) is 24.3 Å². The van der Waals surface area contributed by atoms with E-state index in [9.17, 15) is 4.39 Å². The van der Waals surface area contributed by atoms with E-state index in [-0.39, 0.29) is 5.82 Å². The first-order chi connectivity index (χ1) is 8.65. The van der Waals surface area contributed by atoms with Crippen LogP contribution in [0.25, 0.3) is 0 Å². The summed E-state index contributed by atoms with van der Waals surface area (Å²) in [5.41, 5.74) is 1.08. The van der Waals surface area contributed by atoms with Crippen molar-refractivity contribution in [2.75, 3.05) is 13.1 Å². The minimum Gasteiger partial charge on any atom is -0.313 e. The molecule has 0 aromatic heterocycles. The third-order valence-corrected chi connectivity index (χ3v) is 3.54. The van der Waals surface area contributed by atoms with Crippen LogP contribution in [-0.2, 0) is 6.54 Å². The Hall–Kier alpha value is -0.930. The molecule has 3 heteroatoms. The van der Waals surface area contributed by atoms with Crippen molar-refractivity contribution >= 4 is 0 Å². The van der Waals surface area contributed by atoms with Crippen molar-refractivity contribution in [2.45, 2.75) is 45.3 Å². The lowest BCUT2D eigenvalue weighted by Gasteiger charge is -2.25. The summed E-state index contributed by atoms with van der Waals surface area (Å²) in [6.45, 7) is 7.37. The van der Waals surface area contributed by atoms with Gasteiger partial charge in [0.15, 0.2) is 0 Å². The molecule has 100 valence electrons. The van der Waals surface area contributed by atoms with Crippen LogP contribution < -0.4 is 5.32 Å². The second kappa shape index (κ2) is 6.30. The predicted octanol–water partition coefficient (Wildman–Crippen LogP) is 2.79. The van der Waals surface area contributed by atoms with Crippen molar-refractivity contribution in [1.29, 1.82) is 0 Å². The SMILES string of the molecule is CC(C)NCC1CCCN1Cc1cccc(F)c1. The highest BCUT2D eigenvalue weighted by molar-refractivity contribution is 5.16. The van der Waals surface area contributed by atoms with Crippen molar-refractivity contribution in [3.8, 4) is 0 Å². The lowest BCUT2D eigenvalue weighted by molar-refractivity contribution is 0.235. The molecule has 1 heterocycles. The largest absolute Gasteiger partial charge is 0.313 e. The van der Waals surface area contributed by atoms with Gasteiger partial charge in [0.05, 0.1) is 0 Å². The zero-order chi connectivity index (χ0) is 13.0. The van der Waals surface area contributed by atoms with Gasteiger partial charge in [-0.1, -0.05) is 26.0 Å². The van der Waals surface area contributed by atoms with Crippen LogP contribution >= 0.6 is 0 Å². The molecule has 2 nitrogen and oxygen atoms in total. The van der Waals surface area contributed by atoms with Gasteiger partial charge in [0, 0.05) is 25.2 Å². The van der Waals surface area contributed by atoms with Gasteiger partial charge in [0.2, 0.25) is 0 Å². The zero-order valence-corrected chi connectivity index (χ0v) is 11.3. The average Bonchev–Trinajstić information content (AvgIpc) is 2.74. The van der Waals surface area contributed by atoms with Gasteiger partial charge >= 0.3 is 0 Å². The smallest absolute Gasteiger partial charge is 0.123 e. The Balaban J connectivity index is 1.91. The Morgan fingerprint density at radius 3 is 3.00 bits per heavy atom. The monoisotopic (exact) mass is 250 g/mol. The van der Waals surface area contributed by atoms with E-state index >= 15 is 0 Å². The van der Waals surface area contributed by atoms with E-state index in [1.54, 1.807) is 12.1 Å². The van der Waals surface area contributed by atoms with Gasteiger partial charge in [0.25, 0.3) is 0 Å². The van der Waals surface area contributed by atoms with Crippen LogP contribution in [0.3, 0.4) is 0 Å². The number of hydrogen-bond acceptors (Lipinski definition) is 2. The summed E-state index contributed by atoms with van der Waals surface area (Å²) in [4.78, 5) is 2.46. The molecule has 1 aromatic rings. The first kappa shape index (κ1) is 13.5. The third kappa shape index (κ3) is 3.79. The lowest BCUT2D eigenvalue weighted by atomic mass is 10.1. The Kier molecular flexibility index (Phi) is 4.72. The van der Waals surface area contributed by atoms with Gasteiger partial charge in [-0.15, -0.1) is 0 Å². The van der Waals surface area contributed by atoms with Crippen LogP contribution in [0.1, 0.15) is 32.3 Å². The number of halogens is 1. The fourth-order valence-corrected chi connectivity index (χ4v) is 2.58. The summed E-state index contributed by atoms with van der Waals surface area (Å²) in [6.07, 6.45) is 2.49. The molecule has 0 bridgehead atoms. The van der Waals surface area contributed by atoms with Crippen molar-refractivity contribution in [3.05, 3.63) is 35.6 Å². The molecule has 1 unspecified atom stereocenters. The van der Waals surface area contributed by atoms with Gasteiger partial charge in [-0.3, -0.25) is 4.90 Å². The lowest BCUT2D eigenvalue weighted by Crippen LogP contribution is -2.39. The molecule has 0 spiro atoms. The first-order valence-electron chi connectivity index (χ1n) is 6.87. The van der Waals surface area contributed by atoms with Crippen LogP contribution in [0, 0.1) is 5.82 Å². The van der Waals surface area contributed by atoms with Crippen LogP contribution in [0.5, 0.6) is 0 Å². The summed E-state index contributed by atoms with van der Waals surface area (Å²) in [6, 6.07) is 8.07. The molecular formula is C15H23FN2. The molecule has 1 atom stereocenters. The second-order valence-electron chi connectivity index (χ2n) is 5.46. The summed E-state index contributed by atoms with van der Waals surface area (Å²) >= 11 is 0. The molecule has 1 N–H and O–H groups in total. The molecule has 1 aliphatic rings. The standard InChI is InChI=1S/C15H23FN2/c1-12(2)17-10-15-7-4-8-18(15)11-13-5-3-6-14(16)9-13/h3,5-6,9,12,15,17H,4,7-8,10-11H2,1-2H3. The topological polar surface area (TPSA) is 15.3 Å². The number of nitrogens with zero attached hydrogens (tertiary/aromatic N) is 1. The molecule has 1 fully saturated rings. The normalized spacial score (nSPS) is 20.8. The highest BCUT2D eigenvalue weighted by Gasteiger charge is 2.24. The summed E-state index contributed by atoms with van der Waals surface area (Å²) in [5, 5.41) is 3.50. The minimum absolute atomic E-state index is 0.136. The number of hydrogen-bond donors (Lipinski definition) is 1. The summed E-state index contributed by atoms with van der Waals surface area (Å²) < 4.78 is 13.2. The molecule has 0 radical (unpaired) electrons. The molecule has 0 saturated carbocycles. The van der Waals surface area contributed by atoms with E-state index in [2.05, 4.69) is 24.1 Å². The van der Waals surface area contributed by atoms with Gasteiger partial charge < -0.3 is 5.32 Å². The predicted molar refractivity (Wildman–Crippen MR) is 73.0 cm³/mol. The molecule has 0 aliphatic carbocycles.